The van der Waals surface area contributed by atoms with Crippen molar-refractivity contribution in [2.75, 3.05) is 0 Å². The number of rotatable bonds is 7. The van der Waals surface area contributed by atoms with Crippen LogP contribution in [0.25, 0.3) is 0 Å². The number of hydrogen-bond donors (Lipinski definition) is 1. The third kappa shape index (κ3) is 5.69. The molecule has 0 bridgehead atoms. The first-order valence-corrected chi connectivity index (χ1v) is 8.75. The van der Waals surface area contributed by atoms with Crippen molar-refractivity contribution in [3.05, 3.63) is 71.5 Å². The maximum Gasteiger partial charge on any atom is 0.242 e. The third-order valence-electron chi connectivity index (χ3n) is 4.06. The second-order valence-corrected chi connectivity index (χ2v) is 6.65. The summed E-state index contributed by atoms with van der Waals surface area (Å²) < 4.78 is 13.1. The molecular formula is C21H25FN2O2. The zero-order chi connectivity index (χ0) is 19.1. The van der Waals surface area contributed by atoms with Gasteiger partial charge in [0.1, 0.15) is 11.9 Å². The van der Waals surface area contributed by atoms with Crippen molar-refractivity contribution in [3.63, 3.8) is 0 Å². The summed E-state index contributed by atoms with van der Waals surface area (Å²) in [5.74, 6) is -0.706. The van der Waals surface area contributed by atoms with E-state index < -0.39 is 6.04 Å². The zero-order valence-corrected chi connectivity index (χ0v) is 15.4. The molecule has 1 N–H and O–H groups in total. The van der Waals surface area contributed by atoms with E-state index >= 15 is 0 Å². The Morgan fingerprint density at radius 2 is 1.58 bits per heavy atom. The molecule has 2 aromatic rings. The van der Waals surface area contributed by atoms with Gasteiger partial charge in [0.15, 0.2) is 0 Å². The van der Waals surface area contributed by atoms with E-state index in [0.29, 0.717) is 12.1 Å². The fourth-order valence-electron chi connectivity index (χ4n) is 2.65. The summed E-state index contributed by atoms with van der Waals surface area (Å²) in [5.41, 5.74) is 1.66. The van der Waals surface area contributed by atoms with Crippen LogP contribution in [-0.2, 0) is 22.6 Å². The first-order valence-electron chi connectivity index (χ1n) is 8.75. The Labute approximate surface area is 154 Å². The molecule has 0 radical (unpaired) electrons. The Morgan fingerprint density at radius 1 is 0.962 bits per heavy atom. The van der Waals surface area contributed by atoms with Gasteiger partial charge in [-0.2, -0.15) is 0 Å². The molecule has 0 saturated heterocycles. The predicted molar refractivity (Wildman–Crippen MR) is 99.8 cm³/mol. The number of carbonyl (C=O) groups is 2. The summed E-state index contributed by atoms with van der Waals surface area (Å²) in [6.07, 6.45) is 0.117. The molecule has 0 heterocycles. The number of hydrogen-bond acceptors (Lipinski definition) is 2. The minimum Gasteiger partial charge on any atom is -0.352 e. The SMILES string of the molecule is CC(C)NC(=O)C(C)N(Cc1ccccc1)C(=O)Cc1ccc(F)cc1. The molecule has 0 fully saturated rings. The lowest BCUT2D eigenvalue weighted by Crippen LogP contribution is -2.49. The molecule has 138 valence electrons. The fourth-order valence-corrected chi connectivity index (χ4v) is 2.65. The number of halogens is 1. The van der Waals surface area contributed by atoms with Crippen molar-refractivity contribution >= 4 is 11.8 Å². The molecule has 0 aromatic heterocycles. The summed E-state index contributed by atoms with van der Waals surface area (Å²) in [6, 6.07) is 14.8. The van der Waals surface area contributed by atoms with Gasteiger partial charge in [0, 0.05) is 12.6 Å². The maximum absolute atomic E-state index is 13.1. The van der Waals surface area contributed by atoms with E-state index in [0.717, 1.165) is 5.56 Å². The van der Waals surface area contributed by atoms with Crippen LogP contribution in [0.1, 0.15) is 31.9 Å². The highest BCUT2D eigenvalue weighted by Crippen LogP contribution is 2.13. The van der Waals surface area contributed by atoms with Crippen LogP contribution in [0.15, 0.2) is 54.6 Å². The number of nitrogens with zero attached hydrogens (tertiary/aromatic N) is 1. The monoisotopic (exact) mass is 356 g/mol. The Hall–Kier alpha value is -2.69. The molecule has 0 saturated carbocycles. The molecular weight excluding hydrogens is 331 g/mol. The molecule has 1 unspecified atom stereocenters. The van der Waals surface area contributed by atoms with Gasteiger partial charge in [0.25, 0.3) is 0 Å². The van der Waals surface area contributed by atoms with Gasteiger partial charge in [0.2, 0.25) is 11.8 Å². The van der Waals surface area contributed by atoms with E-state index in [1.165, 1.54) is 12.1 Å². The Balaban J connectivity index is 2.19. The van der Waals surface area contributed by atoms with Crippen LogP contribution >= 0.6 is 0 Å². The van der Waals surface area contributed by atoms with Crippen LogP contribution in [0.3, 0.4) is 0 Å². The van der Waals surface area contributed by atoms with Gasteiger partial charge in [-0.05, 0) is 44.0 Å². The molecule has 2 aromatic carbocycles. The van der Waals surface area contributed by atoms with Crippen LogP contribution in [-0.4, -0.2) is 28.8 Å². The summed E-state index contributed by atoms with van der Waals surface area (Å²) >= 11 is 0. The largest absolute Gasteiger partial charge is 0.352 e. The maximum atomic E-state index is 13.1. The number of carbonyl (C=O) groups excluding carboxylic acids is 2. The van der Waals surface area contributed by atoms with Crippen LogP contribution in [0.5, 0.6) is 0 Å². The first-order chi connectivity index (χ1) is 12.4. The Morgan fingerprint density at radius 3 is 2.15 bits per heavy atom. The average molecular weight is 356 g/mol. The van der Waals surface area contributed by atoms with Gasteiger partial charge in [-0.3, -0.25) is 9.59 Å². The highest BCUT2D eigenvalue weighted by molar-refractivity contribution is 5.88. The predicted octanol–water partition coefficient (Wildman–Crippen LogP) is 3.31. The standard InChI is InChI=1S/C21H25FN2O2/c1-15(2)23-21(26)16(3)24(14-18-7-5-4-6-8-18)20(25)13-17-9-11-19(22)12-10-17/h4-12,15-16H,13-14H2,1-3H3,(H,23,26). The molecule has 4 nitrogen and oxygen atoms in total. The van der Waals surface area contributed by atoms with Crippen LogP contribution in [0.4, 0.5) is 4.39 Å². The van der Waals surface area contributed by atoms with Crippen LogP contribution in [0.2, 0.25) is 0 Å². The van der Waals surface area contributed by atoms with Gasteiger partial charge in [0.05, 0.1) is 6.42 Å². The van der Waals surface area contributed by atoms with E-state index in [9.17, 15) is 14.0 Å². The third-order valence-corrected chi connectivity index (χ3v) is 4.06. The number of amides is 2. The van der Waals surface area contributed by atoms with Gasteiger partial charge >= 0.3 is 0 Å². The highest BCUT2D eigenvalue weighted by Gasteiger charge is 2.26. The second kappa shape index (κ2) is 9.13. The van der Waals surface area contributed by atoms with E-state index in [1.54, 1.807) is 24.0 Å². The summed E-state index contributed by atoms with van der Waals surface area (Å²) in [7, 11) is 0. The summed E-state index contributed by atoms with van der Waals surface area (Å²) in [5, 5.41) is 2.85. The highest BCUT2D eigenvalue weighted by atomic mass is 19.1. The Kier molecular flexibility index (Phi) is 6.89. The first kappa shape index (κ1) is 19.6. The van der Waals surface area contributed by atoms with Gasteiger partial charge in [-0.1, -0.05) is 42.5 Å². The van der Waals surface area contributed by atoms with E-state index in [-0.39, 0.29) is 30.1 Å². The minimum atomic E-state index is -0.606. The van der Waals surface area contributed by atoms with Crippen molar-refractivity contribution < 1.29 is 14.0 Å². The van der Waals surface area contributed by atoms with E-state index in [4.69, 9.17) is 0 Å². The molecule has 1 atom stereocenters. The lowest BCUT2D eigenvalue weighted by molar-refractivity contribution is -0.140. The van der Waals surface area contributed by atoms with Crippen molar-refractivity contribution in [2.24, 2.45) is 0 Å². The van der Waals surface area contributed by atoms with Crippen molar-refractivity contribution in [2.45, 2.75) is 45.8 Å². The zero-order valence-electron chi connectivity index (χ0n) is 15.4. The second-order valence-electron chi connectivity index (χ2n) is 6.65. The fraction of sp³-hybridized carbons (Fsp3) is 0.333. The van der Waals surface area contributed by atoms with Crippen molar-refractivity contribution in [3.8, 4) is 0 Å². The Bertz CT molecular complexity index is 729. The average Bonchev–Trinajstić information content (AvgIpc) is 2.61. The van der Waals surface area contributed by atoms with Gasteiger partial charge in [-0.15, -0.1) is 0 Å². The minimum absolute atomic E-state index is 0.00396. The number of benzene rings is 2. The van der Waals surface area contributed by atoms with Crippen molar-refractivity contribution in [1.82, 2.24) is 10.2 Å². The summed E-state index contributed by atoms with van der Waals surface area (Å²) in [6.45, 7) is 5.83. The van der Waals surface area contributed by atoms with Crippen molar-refractivity contribution in [1.29, 1.82) is 0 Å². The molecule has 0 spiro atoms. The smallest absolute Gasteiger partial charge is 0.242 e. The molecule has 0 aliphatic heterocycles. The van der Waals surface area contributed by atoms with E-state index in [2.05, 4.69) is 5.32 Å². The molecule has 0 aliphatic rings. The van der Waals surface area contributed by atoms with Crippen LogP contribution in [0, 0.1) is 5.82 Å². The topological polar surface area (TPSA) is 49.4 Å². The molecule has 2 rings (SSSR count). The quantitative estimate of drug-likeness (QED) is 0.827. The molecule has 0 aliphatic carbocycles. The van der Waals surface area contributed by atoms with Crippen LogP contribution < -0.4 is 5.32 Å². The molecule has 5 heteroatoms. The lowest BCUT2D eigenvalue weighted by atomic mass is 10.1. The van der Waals surface area contributed by atoms with Gasteiger partial charge < -0.3 is 10.2 Å². The molecule has 2 amide bonds. The normalized spacial score (nSPS) is 11.9. The van der Waals surface area contributed by atoms with Gasteiger partial charge in [-0.25, -0.2) is 4.39 Å². The number of nitrogens with one attached hydrogen (secondary N) is 1. The molecule has 26 heavy (non-hydrogen) atoms. The summed E-state index contributed by atoms with van der Waals surface area (Å²) in [4.78, 5) is 26.9. The lowest BCUT2D eigenvalue weighted by Gasteiger charge is -2.29. The van der Waals surface area contributed by atoms with E-state index in [1.807, 2.05) is 44.2 Å².